The second kappa shape index (κ2) is 8.46. The van der Waals surface area contributed by atoms with Crippen molar-refractivity contribution in [1.82, 2.24) is 4.90 Å². The van der Waals surface area contributed by atoms with Crippen LogP contribution in [0.3, 0.4) is 0 Å². The zero-order valence-corrected chi connectivity index (χ0v) is 17.5. The second-order valence-corrected chi connectivity index (χ2v) is 8.90. The number of hydrogen-bond donors (Lipinski definition) is 1. The summed E-state index contributed by atoms with van der Waals surface area (Å²) in [7, 11) is 2.03. The fourth-order valence-electron chi connectivity index (χ4n) is 3.80. The highest BCUT2D eigenvalue weighted by Gasteiger charge is 2.31. The van der Waals surface area contributed by atoms with Crippen LogP contribution < -0.4 is 4.90 Å². The summed E-state index contributed by atoms with van der Waals surface area (Å²) in [6.45, 7) is 8.03. The van der Waals surface area contributed by atoms with Gasteiger partial charge in [0.2, 0.25) is 5.91 Å². The molecule has 0 saturated carbocycles. The van der Waals surface area contributed by atoms with E-state index in [4.69, 9.17) is 0 Å². The Labute approximate surface area is 168 Å². The van der Waals surface area contributed by atoms with Crippen molar-refractivity contribution in [3.8, 4) is 0 Å². The summed E-state index contributed by atoms with van der Waals surface area (Å²) in [5, 5.41) is 10.8. The number of rotatable bonds is 5. The Morgan fingerprint density at radius 2 is 1.89 bits per heavy atom. The van der Waals surface area contributed by atoms with Gasteiger partial charge >= 0.3 is 0 Å². The van der Waals surface area contributed by atoms with E-state index in [1.165, 1.54) is 5.56 Å². The Bertz CT molecular complexity index is 811. The Hall–Kier alpha value is -2.17. The first-order valence-electron chi connectivity index (χ1n) is 10.1. The quantitative estimate of drug-likeness (QED) is 0.846. The van der Waals surface area contributed by atoms with Crippen molar-refractivity contribution < 1.29 is 9.90 Å². The van der Waals surface area contributed by atoms with Crippen LogP contribution >= 0.6 is 0 Å². The normalized spacial score (nSPS) is 15.4. The fraction of sp³-hybridized carbons (Fsp3) is 0.458. The van der Waals surface area contributed by atoms with Crippen LogP contribution in [0.4, 0.5) is 5.69 Å². The van der Waals surface area contributed by atoms with Gasteiger partial charge in [0.05, 0.1) is 6.10 Å². The van der Waals surface area contributed by atoms with Gasteiger partial charge in [-0.2, -0.15) is 0 Å². The molecule has 4 heteroatoms. The van der Waals surface area contributed by atoms with Crippen molar-refractivity contribution in [3.63, 3.8) is 0 Å². The summed E-state index contributed by atoms with van der Waals surface area (Å²) in [4.78, 5) is 16.8. The minimum atomic E-state index is -0.548. The first-order valence-corrected chi connectivity index (χ1v) is 10.1. The van der Waals surface area contributed by atoms with E-state index in [1.807, 2.05) is 63.1 Å². The standard InChI is InChI=1S/C24H32N2O2/c1-24(2,3)23(28)26-14-8-11-19-15-20(12-13-21(19)26)22(27)17-25(4)16-18-9-6-5-7-10-18/h5-7,9-10,12-13,15,22,27H,8,11,14,16-17H2,1-4H3/t22-/m0/s1. The highest BCUT2D eigenvalue weighted by atomic mass is 16.3. The molecule has 0 aromatic heterocycles. The smallest absolute Gasteiger partial charge is 0.232 e. The monoisotopic (exact) mass is 380 g/mol. The number of carbonyl (C=O) groups is 1. The van der Waals surface area contributed by atoms with E-state index in [-0.39, 0.29) is 5.91 Å². The first kappa shape index (κ1) is 20.6. The Balaban J connectivity index is 1.71. The number of carbonyl (C=O) groups excluding carboxylic acids is 1. The van der Waals surface area contributed by atoms with Crippen LogP contribution in [0.15, 0.2) is 48.5 Å². The maximum atomic E-state index is 12.8. The number of likely N-dealkylation sites (N-methyl/N-ethyl adjacent to an activating group) is 1. The van der Waals surface area contributed by atoms with Gasteiger partial charge in [0.15, 0.2) is 0 Å². The lowest BCUT2D eigenvalue weighted by molar-refractivity contribution is -0.125. The van der Waals surface area contributed by atoms with Crippen molar-refractivity contribution in [3.05, 3.63) is 65.2 Å². The summed E-state index contributed by atoms with van der Waals surface area (Å²) in [6.07, 6.45) is 1.36. The number of aliphatic hydroxyl groups is 1. The molecule has 1 aliphatic rings. The van der Waals surface area contributed by atoms with Gasteiger partial charge in [0.1, 0.15) is 0 Å². The SMILES string of the molecule is CN(Cc1ccccc1)C[C@H](O)c1ccc2c(c1)CCCN2C(=O)C(C)(C)C. The van der Waals surface area contributed by atoms with E-state index in [1.54, 1.807) is 0 Å². The minimum absolute atomic E-state index is 0.157. The van der Waals surface area contributed by atoms with Crippen LogP contribution in [0.25, 0.3) is 0 Å². The molecule has 0 aliphatic carbocycles. The topological polar surface area (TPSA) is 43.8 Å². The largest absolute Gasteiger partial charge is 0.387 e. The molecule has 1 amide bonds. The van der Waals surface area contributed by atoms with Gasteiger partial charge in [-0.25, -0.2) is 0 Å². The van der Waals surface area contributed by atoms with Crippen LogP contribution in [0.5, 0.6) is 0 Å². The number of nitrogens with zero attached hydrogens (tertiary/aromatic N) is 2. The third kappa shape index (κ3) is 4.81. The maximum Gasteiger partial charge on any atom is 0.232 e. The summed E-state index contributed by atoms with van der Waals surface area (Å²) in [6, 6.07) is 16.3. The Morgan fingerprint density at radius 1 is 1.18 bits per heavy atom. The van der Waals surface area contributed by atoms with Gasteiger partial charge < -0.3 is 10.0 Å². The van der Waals surface area contributed by atoms with Gasteiger partial charge in [-0.3, -0.25) is 9.69 Å². The average molecular weight is 381 g/mol. The van der Waals surface area contributed by atoms with Crippen molar-refractivity contribution in [2.24, 2.45) is 5.41 Å². The Morgan fingerprint density at radius 3 is 2.57 bits per heavy atom. The van der Waals surface area contributed by atoms with E-state index in [0.29, 0.717) is 6.54 Å². The molecule has 1 atom stereocenters. The highest BCUT2D eigenvalue weighted by Crippen LogP contribution is 2.33. The number of amides is 1. The zero-order valence-electron chi connectivity index (χ0n) is 17.5. The number of hydrogen-bond acceptors (Lipinski definition) is 3. The van der Waals surface area contributed by atoms with E-state index in [9.17, 15) is 9.90 Å². The molecule has 0 saturated heterocycles. The average Bonchev–Trinajstić information content (AvgIpc) is 2.66. The second-order valence-electron chi connectivity index (χ2n) is 8.90. The van der Waals surface area contributed by atoms with Crippen molar-refractivity contribution in [2.45, 2.75) is 46.3 Å². The molecule has 1 N–H and O–H groups in total. The van der Waals surface area contributed by atoms with Crippen LogP contribution in [0.1, 0.15) is 50.0 Å². The van der Waals surface area contributed by atoms with Crippen LogP contribution in [-0.4, -0.2) is 36.1 Å². The van der Waals surface area contributed by atoms with Crippen LogP contribution in [0.2, 0.25) is 0 Å². The van der Waals surface area contributed by atoms with Crippen molar-refractivity contribution >= 4 is 11.6 Å². The number of benzene rings is 2. The Kier molecular flexibility index (Phi) is 6.21. The van der Waals surface area contributed by atoms with Crippen molar-refractivity contribution in [1.29, 1.82) is 0 Å². The molecule has 1 heterocycles. The molecule has 28 heavy (non-hydrogen) atoms. The lowest BCUT2D eigenvalue weighted by Crippen LogP contribution is -2.42. The summed E-state index contributed by atoms with van der Waals surface area (Å²) < 4.78 is 0. The fourth-order valence-corrected chi connectivity index (χ4v) is 3.80. The predicted octanol–water partition coefficient (Wildman–Crippen LogP) is 4.18. The summed E-state index contributed by atoms with van der Waals surface area (Å²) in [5.74, 6) is 0.157. The number of anilines is 1. The zero-order chi connectivity index (χ0) is 20.3. The predicted molar refractivity (Wildman–Crippen MR) is 114 cm³/mol. The van der Waals surface area contributed by atoms with Crippen LogP contribution in [-0.2, 0) is 17.8 Å². The number of aliphatic hydroxyl groups excluding tert-OH is 1. The molecule has 4 nitrogen and oxygen atoms in total. The lowest BCUT2D eigenvalue weighted by Gasteiger charge is -2.34. The van der Waals surface area contributed by atoms with Crippen molar-refractivity contribution in [2.75, 3.05) is 25.0 Å². The maximum absolute atomic E-state index is 12.8. The first-order chi connectivity index (χ1) is 13.3. The van der Waals surface area contributed by atoms with Gasteiger partial charge in [-0.15, -0.1) is 0 Å². The summed E-state index contributed by atoms with van der Waals surface area (Å²) in [5.41, 5.74) is 3.92. The van der Waals surface area contributed by atoms with Gasteiger partial charge in [-0.1, -0.05) is 63.2 Å². The molecular formula is C24H32N2O2. The van der Waals surface area contributed by atoms with Gasteiger partial charge in [0, 0.05) is 30.7 Å². The molecular weight excluding hydrogens is 348 g/mol. The molecule has 3 rings (SSSR count). The molecule has 0 fully saturated rings. The number of aryl methyl sites for hydroxylation is 1. The minimum Gasteiger partial charge on any atom is -0.387 e. The van der Waals surface area contributed by atoms with Gasteiger partial charge in [-0.05, 0) is 42.6 Å². The van der Waals surface area contributed by atoms with Crippen LogP contribution in [0, 0.1) is 5.41 Å². The number of fused-ring (bicyclic) bond motifs is 1. The summed E-state index contributed by atoms with van der Waals surface area (Å²) >= 11 is 0. The molecule has 0 unspecified atom stereocenters. The molecule has 0 radical (unpaired) electrons. The highest BCUT2D eigenvalue weighted by molar-refractivity contribution is 5.98. The third-order valence-electron chi connectivity index (χ3n) is 5.27. The van der Waals surface area contributed by atoms with Gasteiger partial charge in [0.25, 0.3) is 0 Å². The van der Waals surface area contributed by atoms with E-state index >= 15 is 0 Å². The molecule has 2 aromatic carbocycles. The molecule has 2 aromatic rings. The molecule has 1 aliphatic heterocycles. The third-order valence-corrected chi connectivity index (χ3v) is 5.27. The van der Waals surface area contributed by atoms with E-state index in [2.05, 4.69) is 23.1 Å². The van der Waals surface area contributed by atoms with E-state index in [0.717, 1.165) is 42.7 Å². The lowest BCUT2D eigenvalue weighted by atomic mass is 9.91. The molecule has 0 spiro atoms. The molecule has 0 bridgehead atoms. The van der Waals surface area contributed by atoms with E-state index < -0.39 is 11.5 Å². The molecule has 150 valence electrons.